The highest BCUT2D eigenvalue weighted by molar-refractivity contribution is 7.71. The lowest BCUT2D eigenvalue weighted by atomic mass is 9.87. The first-order valence-electron chi connectivity index (χ1n) is 8.94. The Hall–Kier alpha value is -3.00. The number of hydrogen-bond donors (Lipinski definition) is 0. The molecule has 3 heterocycles. The van der Waals surface area contributed by atoms with Crippen molar-refractivity contribution in [3.8, 4) is 0 Å². The fourth-order valence-corrected chi connectivity index (χ4v) is 4.01. The van der Waals surface area contributed by atoms with Gasteiger partial charge < -0.3 is 9.57 Å². The topological polar surface area (TPSA) is 77.8 Å². The molecule has 2 aliphatic heterocycles. The molecule has 8 heteroatoms. The molecular formula is C20H18N2O5S. The number of pyridine rings is 1. The van der Waals surface area contributed by atoms with Gasteiger partial charge in [-0.15, -0.1) is 0 Å². The molecule has 2 atom stereocenters. The summed E-state index contributed by atoms with van der Waals surface area (Å²) < 4.78 is 6.86. The van der Waals surface area contributed by atoms with Gasteiger partial charge in [-0.25, -0.2) is 9.59 Å². The van der Waals surface area contributed by atoms with Crippen molar-refractivity contribution in [1.29, 1.82) is 0 Å². The molecule has 0 N–H and O–H groups in total. The quantitative estimate of drug-likeness (QED) is 0.737. The average molecular weight is 398 g/mol. The van der Waals surface area contributed by atoms with Crippen LogP contribution in [0.25, 0.3) is 0 Å². The van der Waals surface area contributed by atoms with Gasteiger partial charge in [0.1, 0.15) is 11.2 Å². The Morgan fingerprint density at radius 3 is 2.61 bits per heavy atom. The van der Waals surface area contributed by atoms with Gasteiger partial charge in [-0.3, -0.25) is 9.69 Å². The molecule has 2 aromatic rings. The number of nitrogens with zero attached hydrogens (tertiary/aromatic N) is 2. The standard InChI is InChI=1S/C20H18N2O5S/c23-16-12-20(18(24)27-21-11-5-4-8-17(21)28)10-9-15(16)22(20)19(25)26-13-14-6-2-1-3-7-14/h1-8,11,15H,9-10,12-13H2/t15-,20+/m1/s1. The van der Waals surface area contributed by atoms with Crippen LogP contribution < -0.4 is 4.84 Å². The lowest BCUT2D eigenvalue weighted by molar-refractivity contribution is -0.156. The van der Waals surface area contributed by atoms with E-state index in [0.717, 1.165) is 10.3 Å². The van der Waals surface area contributed by atoms with E-state index in [-0.39, 0.29) is 18.8 Å². The number of carbonyl (C=O) groups is 3. The number of carbonyl (C=O) groups excluding carboxylic acids is 3. The van der Waals surface area contributed by atoms with Crippen LogP contribution in [0.1, 0.15) is 24.8 Å². The normalized spacial score (nSPS) is 22.9. The number of ether oxygens (including phenoxy) is 1. The molecule has 0 unspecified atom stereocenters. The van der Waals surface area contributed by atoms with Gasteiger partial charge in [0.25, 0.3) is 0 Å². The second-order valence-corrected chi connectivity index (χ2v) is 7.30. The van der Waals surface area contributed by atoms with Crippen LogP contribution in [0.2, 0.25) is 0 Å². The molecule has 2 bridgehead atoms. The Kier molecular flexibility index (Phi) is 4.72. The monoisotopic (exact) mass is 398 g/mol. The number of Topliss-reactive ketones (excluding diaryl/α,β-unsaturated/α-hetero) is 1. The first-order chi connectivity index (χ1) is 13.5. The Balaban J connectivity index is 1.55. The highest BCUT2D eigenvalue weighted by Crippen LogP contribution is 2.45. The minimum Gasteiger partial charge on any atom is -0.445 e. The highest BCUT2D eigenvalue weighted by atomic mass is 32.1. The minimum absolute atomic E-state index is 0.0615. The summed E-state index contributed by atoms with van der Waals surface area (Å²) in [5, 5.41) is 0. The summed E-state index contributed by atoms with van der Waals surface area (Å²) in [5.74, 6) is -0.837. The zero-order valence-electron chi connectivity index (χ0n) is 14.9. The molecule has 1 aromatic carbocycles. The SMILES string of the molecule is O=C1C[C@]2(C(=O)On3ccccc3=S)CC[C@H]1N2C(=O)OCc1ccccc1. The van der Waals surface area contributed by atoms with Crippen molar-refractivity contribution in [2.24, 2.45) is 0 Å². The lowest BCUT2D eigenvalue weighted by Gasteiger charge is -2.30. The van der Waals surface area contributed by atoms with Crippen molar-refractivity contribution in [3.63, 3.8) is 0 Å². The van der Waals surface area contributed by atoms with E-state index in [0.29, 0.717) is 17.5 Å². The second-order valence-electron chi connectivity index (χ2n) is 6.88. The summed E-state index contributed by atoms with van der Waals surface area (Å²) in [4.78, 5) is 44.8. The number of ketones is 1. The van der Waals surface area contributed by atoms with Crippen LogP contribution in [0, 0.1) is 4.64 Å². The third kappa shape index (κ3) is 3.09. The maximum Gasteiger partial charge on any atom is 0.411 e. The fourth-order valence-electron chi connectivity index (χ4n) is 3.83. The second kappa shape index (κ2) is 7.20. The van der Waals surface area contributed by atoms with Crippen LogP contribution in [0.15, 0.2) is 54.7 Å². The molecule has 2 aliphatic rings. The van der Waals surface area contributed by atoms with Gasteiger partial charge in [0.15, 0.2) is 11.3 Å². The summed E-state index contributed by atoms with van der Waals surface area (Å²) in [6.45, 7) is 0.0615. The Morgan fingerprint density at radius 2 is 1.89 bits per heavy atom. The summed E-state index contributed by atoms with van der Waals surface area (Å²) in [5.41, 5.74) is -0.527. The van der Waals surface area contributed by atoms with Gasteiger partial charge in [-0.2, -0.15) is 4.73 Å². The van der Waals surface area contributed by atoms with Gasteiger partial charge in [0.2, 0.25) is 0 Å². The van der Waals surface area contributed by atoms with E-state index in [1.54, 1.807) is 18.2 Å². The summed E-state index contributed by atoms with van der Waals surface area (Å²) in [7, 11) is 0. The van der Waals surface area contributed by atoms with E-state index in [2.05, 4.69) is 0 Å². The number of hydrogen-bond acceptors (Lipinski definition) is 6. The van der Waals surface area contributed by atoms with Crippen molar-refractivity contribution < 1.29 is 24.0 Å². The van der Waals surface area contributed by atoms with Gasteiger partial charge in [-0.05, 0) is 30.5 Å². The van der Waals surface area contributed by atoms with Gasteiger partial charge >= 0.3 is 12.1 Å². The number of fused-ring (bicyclic) bond motifs is 2. The van der Waals surface area contributed by atoms with Crippen molar-refractivity contribution in [3.05, 3.63) is 64.9 Å². The molecule has 1 amide bonds. The molecule has 0 spiro atoms. The number of amides is 1. The number of benzene rings is 1. The van der Waals surface area contributed by atoms with Crippen molar-refractivity contribution in [1.82, 2.24) is 9.63 Å². The van der Waals surface area contributed by atoms with E-state index >= 15 is 0 Å². The molecular weight excluding hydrogens is 380 g/mol. The van der Waals surface area contributed by atoms with Crippen LogP contribution >= 0.6 is 12.2 Å². The van der Waals surface area contributed by atoms with E-state index in [1.165, 1.54) is 11.1 Å². The van der Waals surface area contributed by atoms with Crippen LogP contribution in [-0.4, -0.2) is 39.1 Å². The molecule has 0 radical (unpaired) electrons. The Morgan fingerprint density at radius 1 is 1.14 bits per heavy atom. The van der Waals surface area contributed by atoms with Crippen LogP contribution in [-0.2, 0) is 20.9 Å². The molecule has 4 rings (SSSR count). The Labute approximate surface area is 166 Å². The molecule has 7 nitrogen and oxygen atoms in total. The zero-order valence-corrected chi connectivity index (χ0v) is 15.8. The van der Waals surface area contributed by atoms with E-state index in [1.807, 2.05) is 30.3 Å². The minimum atomic E-state index is -1.35. The molecule has 1 aromatic heterocycles. The van der Waals surface area contributed by atoms with E-state index in [9.17, 15) is 14.4 Å². The third-order valence-electron chi connectivity index (χ3n) is 5.19. The van der Waals surface area contributed by atoms with Crippen molar-refractivity contribution in [2.45, 2.75) is 37.5 Å². The largest absolute Gasteiger partial charge is 0.445 e. The van der Waals surface area contributed by atoms with Gasteiger partial charge in [0.05, 0.1) is 6.04 Å². The smallest absolute Gasteiger partial charge is 0.411 e. The van der Waals surface area contributed by atoms with Crippen LogP contribution in [0.4, 0.5) is 4.79 Å². The van der Waals surface area contributed by atoms with Crippen LogP contribution in [0.5, 0.6) is 0 Å². The van der Waals surface area contributed by atoms with Crippen LogP contribution in [0.3, 0.4) is 0 Å². The van der Waals surface area contributed by atoms with Gasteiger partial charge in [0, 0.05) is 12.6 Å². The predicted octanol–water partition coefficient (Wildman–Crippen LogP) is 2.69. The molecule has 2 fully saturated rings. The molecule has 144 valence electrons. The maximum atomic E-state index is 13.0. The van der Waals surface area contributed by atoms with E-state index in [4.69, 9.17) is 21.8 Å². The van der Waals surface area contributed by atoms with Crippen molar-refractivity contribution in [2.75, 3.05) is 0 Å². The summed E-state index contributed by atoms with van der Waals surface area (Å²) in [6, 6.07) is 13.6. The fraction of sp³-hybridized carbons (Fsp3) is 0.300. The molecule has 28 heavy (non-hydrogen) atoms. The maximum absolute atomic E-state index is 13.0. The third-order valence-corrected chi connectivity index (χ3v) is 5.51. The van der Waals surface area contributed by atoms with Crippen molar-refractivity contribution >= 4 is 30.1 Å². The number of rotatable bonds is 4. The zero-order chi connectivity index (χ0) is 19.7. The summed E-state index contributed by atoms with van der Waals surface area (Å²) >= 11 is 5.14. The first kappa shape index (κ1) is 18.4. The lowest BCUT2D eigenvalue weighted by Crippen LogP contribution is -2.54. The van der Waals surface area contributed by atoms with E-state index < -0.39 is 23.6 Å². The molecule has 2 saturated heterocycles. The molecule has 0 aliphatic carbocycles. The highest BCUT2D eigenvalue weighted by Gasteiger charge is 2.64. The molecule has 0 saturated carbocycles. The number of aromatic nitrogens is 1. The van der Waals surface area contributed by atoms with Gasteiger partial charge in [-0.1, -0.05) is 48.6 Å². The first-order valence-corrected chi connectivity index (χ1v) is 9.35. The average Bonchev–Trinajstić information content (AvgIpc) is 3.22. The summed E-state index contributed by atoms with van der Waals surface area (Å²) in [6.07, 6.45) is 1.51. The predicted molar refractivity (Wildman–Crippen MR) is 101 cm³/mol. The Bertz CT molecular complexity index is 989.